The molecule has 0 saturated heterocycles. The molecule has 0 fully saturated rings. The maximum atomic E-state index is 13.3. The Morgan fingerprint density at radius 2 is 1.87 bits per heavy atom. The van der Waals surface area contributed by atoms with Gasteiger partial charge in [0.05, 0.1) is 10.4 Å². The number of anilines is 2. The lowest BCUT2D eigenvalue weighted by atomic mass is 10.0. The summed E-state index contributed by atoms with van der Waals surface area (Å²) in [7, 11) is 0. The van der Waals surface area contributed by atoms with Gasteiger partial charge in [0.25, 0.3) is 0 Å². The second kappa shape index (κ2) is 5.02. The third kappa shape index (κ3) is 2.44. The number of nitrogen functional groups attached to an aromatic ring is 2. The minimum absolute atomic E-state index is 0.0486. The first kappa shape index (κ1) is 15.4. The summed E-state index contributed by atoms with van der Waals surface area (Å²) in [5, 5.41) is -0.238. The van der Waals surface area contributed by atoms with Gasteiger partial charge in [-0.25, -0.2) is 9.37 Å². The average molecular weight is 346 g/mol. The van der Waals surface area contributed by atoms with E-state index in [1.807, 2.05) is 0 Å². The van der Waals surface area contributed by atoms with Gasteiger partial charge in [-0.15, -0.1) is 0 Å². The summed E-state index contributed by atoms with van der Waals surface area (Å²) in [6.07, 6.45) is -3.77. The summed E-state index contributed by atoms with van der Waals surface area (Å²) in [5.41, 5.74) is 9.79. The number of aromatic nitrogens is 1. The molecular formula is C14H8ClF4N3O. The van der Waals surface area contributed by atoms with E-state index in [0.29, 0.717) is 5.56 Å². The highest BCUT2D eigenvalue weighted by Gasteiger charge is 2.38. The summed E-state index contributed by atoms with van der Waals surface area (Å²) >= 11 is 5.71. The molecule has 3 rings (SSSR count). The van der Waals surface area contributed by atoms with Gasteiger partial charge >= 0.3 is 6.18 Å². The molecule has 0 amide bonds. The Hall–Kier alpha value is -2.48. The lowest BCUT2D eigenvalue weighted by Gasteiger charge is -2.09. The maximum absolute atomic E-state index is 13.3. The van der Waals surface area contributed by atoms with Gasteiger partial charge < -0.3 is 15.9 Å². The molecule has 23 heavy (non-hydrogen) atoms. The number of nitrogens with zero attached hydrogens (tertiary/aromatic N) is 1. The predicted octanol–water partition coefficient (Wildman–Crippen LogP) is 4.47. The summed E-state index contributed by atoms with van der Waals surface area (Å²) in [5.74, 6) is -1.01. The van der Waals surface area contributed by atoms with Crippen LogP contribution in [0.25, 0.3) is 22.1 Å². The Bertz CT molecular complexity index is 921. The topological polar surface area (TPSA) is 78.1 Å². The molecule has 0 aliphatic carbocycles. The molecule has 0 radical (unpaired) electrons. The van der Waals surface area contributed by atoms with Crippen LogP contribution in [0.4, 0.5) is 29.1 Å². The SMILES string of the molecule is Nc1oc2c(C(F)(F)F)ncc(-c3ccc(F)c(Cl)c3)c2c1N. The van der Waals surface area contributed by atoms with Gasteiger partial charge in [0.15, 0.2) is 11.3 Å². The molecule has 0 spiro atoms. The van der Waals surface area contributed by atoms with E-state index in [0.717, 1.165) is 12.3 Å². The summed E-state index contributed by atoms with van der Waals surface area (Å²) in [6, 6.07) is 3.68. The highest BCUT2D eigenvalue weighted by Crippen LogP contribution is 2.43. The van der Waals surface area contributed by atoms with Gasteiger partial charge in [0.2, 0.25) is 5.88 Å². The van der Waals surface area contributed by atoms with Crippen molar-refractivity contribution in [3.8, 4) is 11.1 Å². The van der Waals surface area contributed by atoms with Crippen molar-refractivity contribution in [2.45, 2.75) is 6.18 Å². The molecule has 1 aromatic carbocycles. The average Bonchev–Trinajstić information content (AvgIpc) is 2.76. The fraction of sp³-hybridized carbons (Fsp3) is 0.0714. The second-order valence-corrected chi connectivity index (χ2v) is 5.14. The number of hydrogen-bond donors (Lipinski definition) is 2. The van der Waals surface area contributed by atoms with Crippen LogP contribution in [0.15, 0.2) is 28.8 Å². The van der Waals surface area contributed by atoms with Crippen LogP contribution in [-0.2, 0) is 6.18 Å². The van der Waals surface area contributed by atoms with Gasteiger partial charge in [-0.05, 0) is 17.7 Å². The molecule has 4 nitrogen and oxygen atoms in total. The zero-order valence-electron chi connectivity index (χ0n) is 11.2. The molecule has 4 N–H and O–H groups in total. The van der Waals surface area contributed by atoms with Crippen molar-refractivity contribution in [2.75, 3.05) is 11.5 Å². The van der Waals surface area contributed by atoms with Crippen molar-refractivity contribution < 1.29 is 22.0 Å². The number of benzene rings is 1. The zero-order valence-corrected chi connectivity index (χ0v) is 12.0. The number of hydrogen-bond acceptors (Lipinski definition) is 4. The van der Waals surface area contributed by atoms with Crippen molar-refractivity contribution in [3.63, 3.8) is 0 Å². The van der Waals surface area contributed by atoms with Crippen LogP contribution < -0.4 is 11.5 Å². The largest absolute Gasteiger partial charge is 0.437 e. The fourth-order valence-electron chi connectivity index (χ4n) is 2.23. The van der Waals surface area contributed by atoms with Crippen LogP contribution >= 0.6 is 11.6 Å². The van der Waals surface area contributed by atoms with E-state index in [-0.39, 0.29) is 27.5 Å². The van der Waals surface area contributed by atoms with Crippen LogP contribution in [0.1, 0.15) is 5.69 Å². The van der Waals surface area contributed by atoms with Crippen molar-refractivity contribution in [1.29, 1.82) is 0 Å². The lowest BCUT2D eigenvalue weighted by Crippen LogP contribution is -2.08. The van der Waals surface area contributed by atoms with Crippen LogP contribution in [0, 0.1) is 5.82 Å². The third-order valence-electron chi connectivity index (χ3n) is 3.28. The molecule has 3 aromatic rings. The number of nitrogens with two attached hydrogens (primary N) is 2. The lowest BCUT2D eigenvalue weighted by molar-refractivity contribution is -0.140. The highest BCUT2D eigenvalue weighted by molar-refractivity contribution is 6.31. The van der Waals surface area contributed by atoms with E-state index in [4.69, 9.17) is 27.5 Å². The smallest absolute Gasteiger partial charge is 0.436 e. The minimum atomic E-state index is -4.74. The number of pyridine rings is 1. The normalized spacial score (nSPS) is 12.0. The van der Waals surface area contributed by atoms with E-state index in [9.17, 15) is 17.6 Å². The van der Waals surface area contributed by atoms with Gasteiger partial charge in [0.1, 0.15) is 11.5 Å². The number of halogens is 5. The first-order valence-corrected chi connectivity index (χ1v) is 6.57. The highest BCUT2D eigenvalue weighted by atomic mass is 35.5. The summed E-state index contributed by atoms with van der Waals surface area (Å²) < 4.78 is 57.3. The summed E-state index contributed by atoms with van der Waals surface area (Å²) in [6.45, 7) is 0. The van der Waals surface area contributed by atoms with Crippen LogP contribution in [0.3, 0.4) is 0 Å². The summed E-state index contributed by atoms with van der Waals surface area (Å²) in [4.78, 5) is 3.39. The van der Waals surface area contributed by atoms with Gasteiger partial charge in [-0.3, -0.25) is 0 Å². The predicted molar refractivity (Wildman–Crippen MR) is 78.2 cm³/mol. The van der Waals surface area contributed by atoms with Crippen molar-refractivity contribution in [3.05, 3.63) is 40.9 Å². The molecule has 0 aliphatic heterocycles. The van der Waals surface area contributed by atoms with E-state index in [1.54, 1.807) is 0 Å². The molecule has 0 atom stereocenters. The molecule has 0 unspecified atom stereocenters. The van der Waals surface area contributed by atoms with Gasteiger partial charge in [-0.2, -0.15) is 13.2 Å². The second-order valence-electron chi connectivity index (χ2n) is 4.73. The van der Waals surface area contributed by atoms with E-state index >= 15 is 0 Å². The van der Waals surface area contributed by atoms with Crippen molar-refractivity contribution in [2.24, 2.45) is 0 Å². The number of rotatable bonds is 1. The van der Waals surface area contributed by atoms with Crippen LogP contribution in [-0.4, -0.2) is 4.98 Å². The molecule has 2 aromatic heterocycles. The zero-order chi connectivity index (χ0) is 16.9. The van der Waals surface area contributed by atoms with E-state index in [2.05, 4.69) is 4.98 Å². The first-order valence-electron chi connectivity index (χ1n) is 6.19. The minimum Gasteiger partial charge on any atom is -0.436 e. The molecule has 2 heterocycles. The van der Waals surface area contributed by atoms with Gasteiger partial charge in [0, 0.05) is 11.8 Å². The Kier molecular flexibility index (Phi) is 3.36. The molecule has 0 bridgehead atoms. The van der Waals surface area contributed by atoms with Crippen molar-refractivity contribution >= 4 is 34.1 Å². The molecule has 120 valence electrons. The first-order chi connectivity index (χ1) is 10.7. The van der Waals surface area contributed by atoms with Gasteiger partial charge in [-0.1, -0.05) is 17.7 Å². The van der Waals surface area contributed by atoms with Crippen molar-refractivity contribution in [1.82, 2.24) is 4.98 Å². The number of alkyl halides is 3. The third-order valence-corrected chi connectivity index (χ3v) is 3.57. The van der Waals surface area contributed by atoms with Crippen LogP contribution in [0.2, 0.25) is 5.02 Å². The fourth-order valence-corrected chi connectivity index (χ4v) is 2.41. The molecule has 9 heteroatoms. The molecular weight excluding hydrogens is 338 g/mol. The Balaban J connectivity index is 2.37. The van der Waals surface area contributed by atoms with Crippen LogP contribution in [0.5, 0.6) is 0 Å². The monoisotopic (exact) mass is 345 g/mol. The standard InChI is InChI=1S/C14H8ClF4N3O/c15-7-3-5(1-2-8(7)16)6-4-22-12(14(17,18)19)11-9(6)10(20)13(21)23-11/h1-4H,20-21H2. The number of fused-ring (bicyclic) bond motifs is 1. The quantitative estimate of drug-likeness (QED) is 0.638. The Morgan fingerprint density at radius 3 is 2.48 bits per heavy atom. The molecule has 0 aliphatic rings. The van der Waals surface area contributed by atoms with E-state index in [1.165, 1.54) is 12.1 Å². The van der Waals surface area contributed by atoms with E-state index < -0.39 is 23.3 Å². The Labute approximate surface area is 131 Å². The Morgan fingerprint density at radius 1 is 1.17 bits per heavy atom. The maximum Gasteiger partial charge on any atom is 0.437 e. The number of furan rings is 1. The molecule has 0 saturated carbocycles.